The lowest BCUT2D eigenvalue weighted by Gasteiger charge is -2.25. The molecule has 0 amide bonds. The van der Waals surface area contributed by atoms with E-state index in [-0.39, 0.29) is 7.43 Å². The van der Waals surface area contributed by atoms with Crippen molar-refractivity contribution in [1.82, 2.24) is 4.90 Å². The van der Waals surface area contributed by atoms with Crippen LogP contribution < -0.4 is 5.73 Å². The Hall–Kier alpha value is -0.0800. The van der Waals surface area contributed by atoms with E-state index in [2.05, 4.69) is 11.9 Å². The molecule has 56 valence electrons. The Balaban J connectivity index is 0.000000640. The van der Waals surface area contributed by atoms with E-state index in [1.807, 2.05) is 0 Å². The van der Waals surface area contributed by atoms with Crippen LogP contribution >= 0.6 is 0 Å². The number of nitrogens with zero attached hydrogens (tertiary/aromatic N) is 1. The molecule has 1 heterocycles. The van der Waals surface area contributed by atoms with Gasteiger partial charge in [0.25, 0.3) is 0 Å². The van der Waals surface area contributed by atoms with Crippen LogP contribution in [0.1, 0.15) is 20.3 Å². The van der Waals surface area contributed by atoms with E-state index >= 15 is 0 Å². The second kappa shape index (κ2) is 3.85. The minimum Gasteiger partial charge on any atom is -0.328 e. The third kappa shape index (κ3) is 2.82. The first-order chi connectivity index (χ1) is 3.79. The van der Waals surface area contributed by atoms with E-state index < -0.39 is 0 Å². The average Bonchev–Trinajstić information content (AvgIpc) is 1.77. The molecular formula is C7H18N2. The largest absolute Gasteiger partial charge is 0.328 e. The molecule has 0 atom stereocenters. The van der Waals surface area contributed by atoms with Crippen molar-refractivity contribution >= 4 is 0 Å². The zero-order valence-corrected chi connectivity index (χ0v) is 5.43. The lowest BCUT2D eigenvalue weighted by Crippen LogP contribution is -2.37. The predicted molar refractivity (Wildman–Crippen MR) is 41.4 cm³/mol. The van der Waals surface area contributed by atoms with Gasteiger partial charge in [-0.25, -0.2) is 0 Å². The third-order valence-corrected chi connectivity index (χ3v) is 1.76. The van der Waals surface area contributed by atoms with E-state index in [9.17, 15) is 0 Å². The summed E-state index contributed by atoms with van der Waals surface area (Å²) >= 11 is 0. The standard InChI is InChI=1S/C6H14N2.CH4/c1-8-4-2-6(7)3-5-8;/h6H,2-5,7H2,1H3;1H4. The van der Waals surface area contributed by atoms with Crippen molar-refractivity contribution in [3.63, 3.8) is 0 Å². The summed E-state index contributed by atoms with van der Waals surface area (Å²) in [6.45, 7) is 2.36. The van der Waals surface area contributed by atoms with Crippen LogP contribution in [-0.2, 0) is 0 Å². The topological polar surface area (TPSA) is 29.3 Å². The summed E-state index contributed by atoms with van der Waals surface area (Å²) in [6.07, 6.45) is 2.35. The van der Waals surface area contributed by atoms with Crippen LogP contribution in [0, 0.1) is 0 Å². The van der Waals surface area contributed by atoms with Gasteiger partial charge in [0, 0.05) is 6.04 Å². The fourth-order valence-electron chi connectivity index (χ4n) is 1.03. The Bertz CT molecular complexity index is 55.3. The van der Waals surface area contributed by atoms with Gasteiger partial charge in [-0.05, 0) is 33.0 Å². The van der Waals surface area contributed by atoms with Crippen LogP contribution in [0.2, 0.25) is 0 Å². The monoisotopic (exact) mass is 130 g/mol. The fourth-order valence-corrected chi connectivity index (χ4v) is 1.03. The SMILES string of the molecule is C.CN1CCC(N)CC1. The van der Waals surface area contributed by atoms with E-state index in [1.54, 1.807) is 0 Å². The van der Waals surface area contributed by atoms with Crippen molar-refractivity contribution in [2.45, 2.75) is 26.3 Å². The number of hydrogen-bond acceptors (Lipinski definition) is 2. The van der Waals surface area contributed by atoms with E-state index in [0.717, 1.165) is 0 Å². The van der Waals surface area contributed by atoms with Gasteiger partial charge in [0.1, 0.15) is 0 Å². The number of rotatable bonds is 0. The molecule has 0 aromatic heterocycles. The van der Waals surface area contributed by atoms with Gasteiger partial charge in [-0.1, -0.05) is 7.43 Å². The Morgan fingerprint density at radius 2 is 1.78 bits per heavy atom. The second-order valence-corrected chi connectivity index (χ2v) is 2.64. The van der Waals surface area contributed by atoms with Crippen LogP contribution in [0.5, 0.6) is 0 Å². The third-order valence-electron chi connectivity index (χ3n) is 1.76. The molecule has 0 radical (unpaired) electrons. The lowest BCUT2D eigenvalue weighted by molar-refractivity contribution is 0.256. The fraction of sp³-hybridized carbons (Fsp3) is 1.00. The van der Waals surface area contributed by atoms with Gasteiger partial charge in [0.05, 0.1) is 0 Å². The number of hydrogen-bond donors (Lipinski definition) is 1. The molecule has 1 aliphatic rings. The Labute approximate surface area is 58.0 Å². The Morgan fingerprint density at radius 3 is 2.11 bits per heavy atom. The molecule has 2 N–H and O–H groups in total. The molecule has 2 heteroatoms. The molecule has 1 rings (SSSR count). The summed E-state index contributed by atoms with van der Waals surface area (Å²) in [5, 5.41) is 0. The lowest BCUT2D eigenvalue weighted by atomic mass is 10.1. The Morgan fingerprint density at radius 1 is 1.33 bits per heavy atom. The highest BCUT2D eigenvalue weighted by molar-refractivity contribution is 4.70. The normalized spacial score (nSPS) is 23.3. The number of nitrogens with two attached hydrogens (primary N) is 1. The summed E-state index contributed by atoms with van der Waals surface area (Å²) in [6, 6.07) is 0.478. The van der Waals surface area contributed by atoms with Gasteiger partial charge in [0.15, 0.2) is 0 Å². The van der Waals surface area contributed by atoms with Gasteiger partial charge in [-0.15, -0.1) is 0 Å². The van der Waals surface area contributed by atoms with Crippen molar-refractivity contribution in [2.75, 3.05) is 20.1 Å². The maximum Gasteiger partial charge on any atom is 0.00631 e. The van der Waals surface area contributed by atoms with Crippen LogP contribution in [0.25, 0.3) is 0 Å². The van der Waals surface area contributed by atoms with Crippen LogP contribution in [-0.4, -0.2) is 31.1 Å². The highest BCUT2D eigenvalue weighted by Crippen LogP contribution is 2.04. The maximum absolute atomic E-state index is 5.67. The molecule has 0 aromatic carbocycles. The summed E-state index contributed by atoms with van der Waals surface area (Å²) in [7, 11) is 2.14. The van der Waals surface area contributed by atoms with E-state index in [0.29, 0.717) is 6.04 Å². The van der Waals surface area contributed by atoms with Gasteiger partial charge < -0.3 is 10.6 Å². The van der Waals surface area contributed by atoms with Crippen molar-refractivity contribution < 1.29 is 0 Å². The molecule has 0 bridgehead atoms. The molecule has 0 unspecified atom stereocenters. The molecule has 0 saturated carbocycles. The van der Waals surface area contributed by atoms with E-state index in [1.165, 1.54) is 25.9 Å². The summed E-state index contributed by atoms with van der Waals surface area (Å²) in [4.78, 5) is 2.32. The first-order valence-electron chi connectivity index (χ1n) is 3.23. The van der Waals surface area contributed by atoms with Gasteiger partial charge in [0.2, 0.25) is 0 Å². The highest BCUT2D eigenvalue weighted by atomic mass is 15.1. The molecule has 0 aromatic rings. The van der Waals surface area contributed by atoms with Crippen LogP contribution in [0.4, 0.5) is 0 Å². The molecule has 1 fully saturated rings. The van der Waals surface area contributed by atoms with E-state index in [4.69, 9.17) is 5.73 Å². The van der Waals surface area contributed by atoms with Crippen LogP contribution in [0.3, 0.4) is 0 Å². The summed E-state index contributed by atoms with van der Waals surface area (Å²) in [5.41, 5.74) is 5.67. The summed E-state index contributed by atoms with van der Waals surface area (Å²) in [5.74, 6) is 0. The van der Waals surface area contributed by atoms with Crippen LogP contribution in [0.15, 0.2) is 0 Å². The molecular weight excluding hydrogens is 112 g/mol. The first-order valence-corrected chi connectivity index (χ1v) is 3.23. The molecule has 1 aliphatic heterocycles. The number of piperidine rings is 1. The van der Waals surface area contributed by atoms with Gasteiger partial charge in [-0.2, -0.15) is 0 Å². The quantitative estimate of drug-likeness (QED) is 0.522. The van der Waals surface area contributed by atoms with Gasteiger partial charge in [-0.3, -0.25) is 0 Å². The zero-order chi connectivity index (χ0) is 5.98. The highest BCUT2D eigenvalue weighted by Gasteiger charge is 2.10. The molecule has 1 saturated heterocycles. The minimum absolute atomic E-state index is 0. The summed E-state index contributed by atoms with van der Waals surface area (Å²) < 4.78 is 0. The maximum atomic E-state index is 5.67. The molecule has 0 aliphatic carbocycles. The average molecular weight is 130 g/mol. The van der Waals surface area contributed by atoms with Crippen molar-refractivity contribution in [3.05, 3.63) is 0 Å². The predicted octanol–water partition coefficient (Wildman–Crippen LogP) is 0.675. The molecule has 0 spiro atoms. The van der Waals surface area contributed by atoms with Gasteiger partial charge >= 0.3 is 0 Å². The second-order valence-electron chi connectivity index (χ2n) is 2.64. The van der Waals surface area contributed by atoms with Crippen molar-refractivity contribution in [2.24, 2.45) is 5.73 Å². The first kappa shape index (κ1) is 8.92. The molecule has 2 nitrogen and oxygen atoms in total. The zero-order valence-electron chi connectivity index (χ0n) is 5.43. The van der Waals surface area contributed by atoms with Crippen molar-refractivity contribution in [3.8, 4) is 0 Å². The minimum atomic E-state index is 0. The smallest absolute Gasteiger partial charge is 0.00631 e. The number of likely N-dealkylation sites (tertiary alicyclic amines) is 1. The Kier molecular flexibility index (Phi) is 3.82. The molecule has 9 heavy (non-hydrogen) atoms. The van der Waals surface area contributed by atoms with Crippen molar-refractivity contribution in [1.29, 1.82) is 0 Å².